The lowest BCUT2D eigenvalue weighted by Crippen LogP contribution is -2.35. The summed E-state index contributed by atoms with van der Waals surface area (Å²) in [5.41, 5.74) is 0.376. The number of rotatable bonds is 5. The van der Waals surface area contributed by atoms with Crippen LogP contribution >= 0.6 is 11.3 Å². The van der Waals surface area contributed by atoms with Gasteiger partial charge in [-0.2, -0.15) is 5.10 Å². The molecule has 4 rings (SSSR count). The first-order chi connectivity index (χ1) is 11.2. The average Bonchev–Trinajstić information content (AvgIpc) is 3.14. The summed E-state index contributed by atoms with van der Waals surface area (Å²) in [6.45, 7) is 2.69. The Hall–Kier alpha value is -2.15. The zero-order valence-corrected chi connectivity index (χ0v) is 13.7. The van der Waals surface area contributed by atoms with Gasteiger partial charge in [0.25, 0.3) is 5.56 Å². The van der Waals surface area contributed by atoms with Crippen molar-refractivity contribution >= 4 is 33.0 Å². The maximum Gasteiger partial charge on any atom is 0.291 e. The fraction of sp³-hybridized carbons (Fsp3) is 0.438. The highest BCUT2D eigenvalue weighted by Gasteiger charge is 2.22. The van der Waals surface area contributed by atoms with Gasteiger partial charge in [0.05, 0.1) is 0 Å². The summed E-state index contributed by atoms with van der Waals surface area (Å²) in [5, 5.41) is 10.3. The molecule has 1 amide bonds. The van der Waals surface area contributed by atoms with Crippen molar-refractivity contribution < 1.29 is 4.79 Å². The highest BCUT2D eigenvalue weighted by atomic mass is 32.1. The van der Waals surface area contributed by atoms with Crippen LogP contribution in [0.5, 0.6) is 0 Å². The van der Waals surface area contributed by atoms with Crippen LogP contribution in [0.4, 0.5) is 0 Å². The van der Waals surface area contributed by atoms with Crippen LogP contribution in [-0.4, -0.2) is 26.6 Å². The number of thiophene rings is 1. The summed E-state index contributed by atoms with van der Waals surface area (Å²) in [4.78, 5) is 25.7. The van der Waals surface area contributed by atoms with Crippen molar-refractivity contribution in [1.82, 2.24) is 19.5 Å². The van der Waals surface area contributed by atoms with E-state index in [1.807, 2.05) is 28.8 Å². The molecule has 0 atom stereocenters. The number of carbonyl (C=O) groups is 1. The van der Waals surface area contributed by atoms with Gasteiger partial charge in [0.15, 0.2) is 0 Å². The van der Waals surface area contributed by atoms with Gasteiger partial charge in [0, 0.05) is 18.4 Å². The van der Waals surface area contributed by atoms with Crippen molar-refractivity contribution in [3.05, 3.63) is 33.7 Å². The molecular weight excluding hydrogens is 312 g/mol. The molecule has 1 aliphatic carbocycles. The number of carbonyl (C=O) groups excluding carboxylic acids is 1. The number of amides is 1. The molecule has 1 fully saturated rings. The lowest BCUT2D eigenvalue weighted by atomic mass is 10.4. The zero-order chi connectivity index (χ0) is 16.0. The lowest BCUT2D eigenvalue weighted by Gasteiger charge is -2.10. The Balaban J connectivity index is 1.72. The number of nitrogens with zero attached hydrogens (tertiary/aromatic N) is 3. The Labute approximate surface area is 136 Å². The predicted octanol–water partition coefficient (Wildman–Crippen LogP) is 1.80. The van der Waals surface area contributed by atoms with Crippen molar-refractivity contribution in [1.29, 1.82) is 0 Å². The number of hydrogen-bond donors (Lipinski definition) is 1. The van der Waals surface area contributed by atoms with Crippen LogP contribution in [0.1, 0.15) is 25.6 Å². The van der Waals surface area contributed by atoms with E-state index >= 15 is 0 Å². The third-order valence-corrected chi connectivity index (χ3v) is 5.17. The number of nitrogens with one attached hydrogen (secondary N) is 1. The minimum absolute atomic E-state index is 0.0200. The second-order valence-electron chi connectivity index (χ2n) is 6.03. The summed E-state index contributed by atoms with van der Waals surface area (Å²) in [6.07, 6.45) is 3.07. The van der Waals surface area contributed by atoms with Crippen molar-refractivity contribution in [2.75, 3.05) is 6.54 Å². The molecule has 0 radical (unpaired) electrons. The standard InChI is InChI=1S/C16H18N4O2S/c1-2-13-18-19(9-14(21)17-8-10-3-4-10)15(22)12-7-11-5-6-23-16(11)20(12)13/h5-7,10H,2-4,8-9H2,1H3,(H,17,21). The first-order valence-electron chi connectivity index (χ1n) is 7.92. The van der Waals surface area contributed by atoms with Crippen molar-refractivity contribution in [2.24, 2.45) is 5.92 Å². The molecule has 1 aliphatic rings. The molecule has 1 saturated carbocycles. The van der Waals surface area contributed by atoms with Gasteiger partial charge < -0.3 is 5.32 Å². The van der Waals surface area contributed by atoms with E-state index in [1.54, 1.807) is 11.3 Å². The Bertz CT molecular complexity index is 948. The van der Waals surface area contributed by atoms with Gasteiger partial charge in [-0.05, 0) is 36.3 Å². The normalized spacial score (nSPS) is 14.7. The van der Waals surface area contributed by atoms with Crippen LogP contribution < -0.4 is 10.9 Å². The van der Waals surface area contributed by atoms with Crippen LogP contribution in [0, 0.1) is 5.92 Å². The molecule has 0 bridgehead atoms. The molecule has 0 aliphatic heterocycles. The van der Waals surface area contributed by atoms with Crippen LogP contribution in [0.15, 0.2) is 22.3 Å². The van der Waals surface area contributed by atoms with Crippen LogP contribution in [-0.2, 0) is 17.8 Å². The van der Waals surface area contributed by atoms with E-state index in [0.717, 1.165) is 16.0 Å². The topological polar surface area (TPSA) is 68.4 Å². The first kappa shape index (κ1) is 14.4. The number of hydrogen-bond acceptors (Lipinski definition) is 4. The minimum Gasteiger partial charge on any atom is -0.354 e. The lowest BCUT2D eigenvalue weighted by molar-refractivity contribution is -0.121. The number of fused-ring (bicyclic) bond motifs is 3. The summed E-state index contributed by atoms with van der Waals surface area (Å²) in [7, 11) is 0. The SMILES string of the molecule is CCc1nn(CC(=O)NCC2CC2)c(=O)c2cc3ccsc3n12. The van der Waals surface area contributed by atoms with Crippen molar-refractivity contribution in [3.8, 4) is 0 Å². The van der Waals surface area contributed by atoms with E-state index in [0.29, 0.717) is 24.4 Å². The van der Waals surface area contributed by atoms with Gasteiger partial charge in [-0.1, -0.05) is 6.92 Å². The fourth-order valence-corrected chi connectivity index (χ4v) is 3.72. The second kappa shape index (κ2) is 5.49. The van der Waals surface area contributed by atoms with Crippen molar-refractivity contribution in [3.63, 3.8) is 0 Å². The highest BCUT2D eigenvalue weighted by molar-refractivity contribution is 7.16. The monoisotopic (exact) mass is 330 g/mol. The van der Waals surface area contributed by atoms with E-state index in [9.17, 15) is 9.59 Å². The van der Waals surface area contributed by atoms with Crippen LogP contribution in [0.3, 0.4) is 0 Å². The van der Waals surface area contributed by atoms with Crippen LogP contribution in [0.2, 0.25) is 0 Å². The molecule has 1 N–H and O–H groups in total. The zero-order valence-electron chi connectivity index (χ0n) is 12.9. The maximum atomic E-state index is 12.7. The van der Waals surface area contributed by atoms with Gasteiger partial charge in [-0.25, -0.2) is 4.68 Å². The Kier molecular flexibility index (Phi) is 3.45. The summed E-state index contributed by atoms with van der Waals surface area (Å²) in [6, 6.07) is 3.88. The van der Waals surface area contributed by atoms with Gasteiger partial charge in [0.2, 0.25) is 5.91 Å². The molecule has 6 nitrogen and oxygen atoms in total. The van der Waals surface area contributed by atoms with E-state index in [1.165, 1.54) is 17.5 Å². The summed E-state index contributed by atoms with van der Waals surface area (Å²) >= 11 is 1.60. The minimum atomic E-state index is -0.216. The predicted molar refractivity (Wildman–Crippen MR) is 89.9 cm³/mol. The third kappa shape index (κ3) is 2.55. The molecule has 3 aromatic heterocycles. The Morgan fingerprint density at radius 1 is 1.48 bits per heavy atom. The van der Waals surface area contributed by atoms with Crippen molar-refractivity contribution in [2.45, 2.75) is 32.7 Å². The van der Waals surface area contributed by atoms with E-state index in [-0.39, 0.29) is 18.0 Å². The molecule has 3 aromatic rings. The van der Waals surface area contributed by atoms with Gasteiger partial charge in [-0.15, -0.1) is 11.3 Å². The summed E-state index contributed by atoms with van der Waals surface area (Å²) < 4.78 is 3.21. The molecule has 23 heavy (non-hydrogen) atoms. The number of aryl methyl sites for hydroxylation is 1. The Morgan fingerprint density at radius 3 is 3.04 bits per heavy atom. The largest absolute Gasteiger partial charge is 0.354 e. The van der Waals surface area contributed by atoms with Crippen LogP contribution in [0.25, 0.3) is 15.7 Å². The quantitative estimate of drug-likeness (QED) is 0.775. The van der Waals surface area contributed by atoms with E-state index < -0.39 is 0 Å². The molecule has 0 aromatic carbocycles. The summed E-state index contributed by atoms with van der Waals surface area (Å²) in [5.74, 6) is 1.27. The molecule has 0 unspecified atom stereocenters. The smallest absolute Gasteiger partial charge is 0.291 e. The molecule has 120 valence electrons. The van der Waals surface area contributed by atoms with Gasteiger partial charge in [-0.3, -0.25) is 14.0 Å². The highest BCUT2D eigenvalue weighted by Crippen LogP contribution is 2.27. The van der Waals surface area contributed by atoms with E-state index in [4.69, 9.17) is 0 Å². The first-order valence-corrected chi connectivity index (χ1v) is 8.80. The fourth-order valence-electron chi connectivity index (χ4n) is 2.81. The van der Waals surface area contributed by atoms with Gasteiger partial charge in [0.1, 0.15) is 22.7 Å². The molecule has 0 saturated heterocycles. The molecule has 3 heterocycles. The average molecular weight is 330 g/mol. The molecule has 0 spiro atoms. The third-order valence-electron chi connectivity index (χ3n) is 4.25. The molecule has 7 heteroatoms. The van der Waals surface area contributed by atoms with Gasteiger partial charge >= 0.3 is 0 Å². The number of aromatic nitrogens is 3. The second-order valence-corrected chi connectivity index (χ2v) is 6.92. The Morgan fingerprint density at radius 2 is 2.30 bits per heavy atom. The molecular formula is C16H18N4O2S. The van der Waals surface area contributed by atoms with E-state index in [2.05, 4.69) is 10.4 Å². The maximum absolute atomic E-state index is 12.7.